The number of esters is 5. The topological polar surface area (TPSA) is 150 Å². The van der Waals surface area contributed by atoms with Gasteiger partial charge < -0.3 is 33.2 Å². The molecule has 0 aliphatic carbocycles. The first-order valence-electron chi connectivity index (χ1n) is 10.9. The summed E-state index contributed by atoms with van der Waals surface area (Å²) < 4.78 is 37.9. The highest BCUT2D eigenvalue weighted by Gasteiger charge is 2.53. The van der Waals surface area contributed by atoms with Crippen molar-refractivity contribution in [1.29, 1.82) is 0 Å². The van der Waals surface area contributed by atoms with Gasteiger partial charge in [-0.2, -0.15) is 0 Å². The van der Waals surface area contributed by atoms with E-state index in [9.17, 15) is 24.0 Å². The Labute approximate surface area is 204 Å². The van der Waals surface area contributed by atoms with Gasteiger partial charge in [-0.3, -0.25) is 24.0 Å². The van der Waals surface area contributed by atoms with Crippen LogP contribution in [0.15, 0.2) is 12.7 Å². The zero-order valence-corrected chi connectivity index (χ0v) is 21.1. The Morgan fingerprint density at radius 2 is 1.37 bits per heavy atom. The molecule has 12 nitrogen and oxygen atoms in total. The average Bonchev–Trinajstić information content (AvgIpc) is 2.67. The van der Waals surface area contributed by atoms with E-state index in [0.717, 1.165) is 27.7 Å². The minimum Gasteiger partial charge on any atom is -0.463 e. The van der Waals surface area contributed by atoms with E-state index in [1.807, 2.05) is 0 Å². The largest absolute Gasteiger partial charge is 0.463 e. The van der Waals surface area contributed by atoms with Crippen LogP contribution in [-0.2, 0) is 57.1 Å². The zero-order chi connectivity index (χ0) is 26.9. The Balaban J connectivity index is 3.32. The molecule has 1 aliphatic heterocycles. The second-order valence-electron chi connectivity index (χ2n) is 8.77. The van der Waals surface area contributed by atoms with Crippen molar-refractivity contribution in [2.24, 2.45) is 0 Å². The third-order valence-electron chi connectivity index (χ3n) is 4.31. The monoisotopic (exact) mass is 502 g/mol. The number of rotatable bonds is 10. The lowest BCUT2D eigenvalue weighted by molar-refractivity contribution is -0.313. The first-order chi connectivity index (χ1) is 16.1. The maximum absolute atomic E-state index is 12.3. The molecule has 1 aliphatic rings. The molecule has 0 aromatic rings. The Morgan fingerprint density at radius 1 is 0.857 bits per heavy atom. The molecule has 0 aromatic carbocycles. The second kappa shape index (κ2) is 13.2. The van der Waals surface area contributed by atoms with E-state index < -0.39 is 78.9 Å². The van der Waals surface area contributed by atoms with Crippen LogP contribution in [0.4, 0.5) is 0 Å². The van der Waals surface area contributed by atoms with Gasteiger partial charge in [0.05, 0.1) is 12.5 Å². The van der Waals surface area contributed by atoms with Crippen molar-refractivity contribution in [1.82, 2.24) is 0 Å². The fourth-order valence-corrected chi connectivity index (χ4v) is 3.20. The van der Waals surface area contributed by atoms with Crippen LogP contribution in [0.25, 0.3) is 0 Å². The summed E-state index contributed by atoms with van der Waals surface area (Å²) in [6.07, 6.45) is -6.61. The molecule has 1 fully saturated rings. The molecule has 0 amide bonds. The summed E-state index contributed by atoms with van der Waals surface area (Å²) >= 11 is 0. The highest BCUT2D eigenvalue weighted by atomic mass is 16.7. The molecule has 0 bridgehead atoms. The molecule has 1 heterocycles. The minimum atomic E-state index is -1.43. The van der Waals surface area contributed by atoms with Crippen LogP contribution in [-0.4, -0.2) is 78.9 Å². The zero-order valence-electron chi connectivity index (χ0n) is 21.1. The van der Waals surface area contributed by atoms with Gasteiger partial charge in [-0.15, -0.1) is 6.58 Å². The van der Waals surface area contributed by atoms with Crippen molar-refractivity contribution >= 4 is 29.8 Å². The minimum absolute atomic E-state index is 0.256. The summed E-state index contributed by atoms with van der Waals surface area (Å²) in [6.45, 7) is 12.8. The number of carbonyl (C=O) groups excluding carboxylic acids is 5. The molecule has 0 saturated carbocycles. The van der Waals surface area contributed by atoms with E-state index in [4.69, 9.17) is 33.2 Å². The summed E-state index contributed by atoms with van der Waals surface area (Å²) in [5.74, 6) is -3.53. The van der Waals surface area contributed by atoms with Gasteiger partial charge in [-0.25, -0.2) is 0 Å². The number of hydrogen-bond donors (Lipinski definition) is 0. The van der Waals surface area contributed by atoms with Crippen molar-refractivity contribution in [3.05, 3.63) is 12.7 Å². The predicted molar refractivity (Wildman–Crippen MR) is 117 cm³/mol. The first kappa shape index (κ1) is 30.0. The molecule has 0 N–H and O–H groups in total. The van der Waals surface area contributed by atoms with Gasteiger partial charge in [0.1, 0.15) is 18.3 Å². The van der Waals surface area contributed by atoms with Gasteiger partial charge in [-0.1, -0.05) is 6.08 Å². The summed E-state index contributed by atoms with van der Waals surface area (Å²) in [7, 11) is 0. The van der Waals surface area contributed by atoms with E-state index >= 15 is 0 Å². The lowest BCUT2D eigenvalue weighted by Crippen LogP contribution is -2.63. The van der Waals surface area contributed by atoms with Crippen LogP contribution in [0.2, 0.25) is 0 Å². The third kappa shape index (κ3) is 10.9. The van der Waals surface area contributed by atoms with Crippen LogP contribution >= 0.6 is 0 Å². The SMILES string of the molecule is C=C[C@@H](CC(=O)OC(C)(C)C)O[C@@H]1O[C@H](COC(C)=O)[C@@H](OC(C)=O)[C@H](OC(C)=O)[C@H]1OC(C)=O. The maximum atomic E-state index is 12.3. The van der Waals surface area contributed by atoms with Gasteiger partial charge in [0, 0.05) is 27.7 Å². The summed E-state index contributed by atoms with van der Waals surface area (Å²) in [4.78, 5) is 59.2. The van der Waals surface area contributed by atoms with Gasteiger partial charge in [0.25, 0.3) is 0 Å². The molecular formula is C23H34O12. The van der Waals surface area contributed by atoms with Gasteiger partial charge in [0.15, 0.2) is 24.6 Å². The predicted octanol–water partition coefficient (Wildman–Crippen LogP) is 1.37. The lowest BCUT2D eigenvalue weighted by Gasteiger charge is -2.44. The van der Waals surface area contributed by atoms with Gasteiger partial charge in [-0.05, 0) is 20.8 Å². The van der Waals surface area contributed by atoms with E-state index in [-0.39, 0.29) is 6.42 Å². The van der Waals surface area contributed by atoms with Crippen molar-refractivity contribution < 1.29 is 57.1 Å². The van der Waals surface area contributed by atoms with Crippen LogP contribution in [0.1, 0.15) is 54.9 Å². The van der Waals surface area contributed by atoms with Crippen molar-refractivity contribution in [3.63, 3.8) is 0 Å². The molecule has 1 rings (SSSR count). The Hall–Kier alpha value is -2.99. The summed E-state index contributed by atoms with van der Waals surface area (Å²) in [5, 5.41) is 0. The smallest absolute Gasteiger partial charge is 0.309 e. The van der Waals surface area contributed by atoms with Crippen LogP contribution in [0.5, 0.6) is 0 Å². The van der Waals surface area contributed by atoms with E-state index in [2.05, 4.69) is 6.58 Å². The Morgan fingerprint density at radius 3 is 1.83 bits per heavy atom. The average molecular weight is 503 g/mol. The van der Waals surface area contributed by atoms with Crippen molar-refractivity contribution in [3.8, 4) is 0 Å². The molecule has 6 atom stereocenters. The number of carbonyl (C=O) groups is 5. The third-order valence-corrected chi connectivity index (χ3v) is 4.31. The normalized spacial score (nSPS) is 24.9. The Kier molecular flexibility index (Phi) is 11.3. The van der Waals surface area contributed by atoms with Crippen LogP contribution < -0.4 is 0 Å². The number of ether oxygens (including phenoxy) is 7. The van der Waals surface area contributed by atoms with Crippen LogP contribution in [0, 0.1) is 0 Å². The fourth-order valence-electron chi connectivity index (χ4n) is 3.20. The van der Waals surface area contributed by atoms with E-state index in [1.54, 1.807) is 20.8 Å². The highest BCUT2D eigenvalue weighted by molar-refractivity contribution is 5.71. The number of hydrogen-bond acceptors (Lipinski definition) is 12. The lowest BCUT2D eigenvalue weighted by atomic mass is 9.98. The van der Waals surface area contributed by atoms with Crippen molar-refractivity contribution in [2.75, 3.05) is 6.61 Å². The molecule has 0 radical (unpaired) electrons. The molecule has 12 heteroatoms. The summed E-state index contributed by atoms with van der Waals surface area (Å²) in [6, 6.07) is 0. The molecule has 0 spiro atoms. The standard InChI is InChI=1S/C23H34O12/c1-9-16(10-18(28)35-23(6,7)8)33-22-21(32-15(5)27)20(31-14(4)26)19(30-13(3)25)17(34-22)11-29-12(2)24/h9,16-17,19-22H,1,10-11H2,2-8H3/t16-,17+,19+,20-,21+,22+/m0/s1. The fraction of sp³-hybridized carbons (Fsp3) is 0.696. The summed E-state index contributed by atoms with van der Waals surface area (Å²) in [5.41, 5.74) is -0.739. The molecule has 198 valence electrons. The molecule has 35 heavy (non-hydrogen) atoms. The van der Waals surface area contributed by atoms with E-state index in [0.29, 0.717) is 0 Å². The van der Waals surface area contributed by atoms with Gasteiger partial charge >= 0.3 is 29.8 Å². The molecule has 0 aromatic heterocycles. The second-order valence-corrected chi connectivity index (χ2v) is 8.77. The van der Waals surface area contributed by atoms with E-state index in [1.165, 1.54) is 6.08 Å². The highest BCUT2D eigenvalue weighted by Crippen LogP contribution is 2.31. The van der Waals surface area contributed by atoms with Crippen molar-refractivity contribution in [2.45, 2.75) is 97.3 Å². The maximum Gasteiger partial charge on any atom is 0.309 e. The Bertz CT molecular complexity index is 799. The quantitative estimate of drug-likeness (QED) is 0.241. The van der Waals surface area contributed by atoms with Gasteiger partial charge in [0.2, 0.25) is 0 Å². The molecule has 0 unspecified atom stereocenters. The first-order valence-corrected chi connectivity index (χ1v) is 10.9. The van der Waals surface area contributed by atoms with Crippen LogP contribution in [0.3, 0.4) is 0 Å². The molecular weight excluding hydrogens is 468 g/mol. The molecule has 1 saturated heterocycles.